The van der Waals surface area contributed by atoms with Crippen molar-refractivity contribution in [3.8, 4) is 0 Å². The van der Waals surface area contributed by atoms with Gasteiger partial charge in [-0.25, -0.2) is 0 Å². The minimum absolute atomic E-state index is 0.0958. The highest BCUT2D eigenvalue weighted by Gasteiger charge is 2.38. The third kappa shape index (κ3) is 3.02. The highest BCUT2D eigenvalue weighted by atomic mass is 32.1. The lowest BCUT2D eigenvalue weighted by atomic mass is 9.90. The topological polar surface area (TPSA) is 50.5 Å². The Morgan fingerprint density at radius 2 is 1.71 bits per heavy atom. The van der Waals surface area contributed by atoms with E-state index in [9.17, 15) is 9.59 Å². The van der Waals surface area contributed by atoms with Crippen molar-refractivity contribution >= 4 is 49.6 Å². The fourth-order valence-electron chi connectivity index (χ4n) is 4.55. The number of hydrogen-bond acceptors (Lipinski definition) is 5. The standard InChI is InChI=1S/C26H25NO3S/c1-4-7-8-15-9-11-19-17(13-15)21-24(29)26-22(23(28)25(21)30-19)18-14-16(27(5-2)6-3)10-12-20(18)31-26/h9-14H,4-8H2,1-3H3. The van der Waals surface area contributed by atoms with Crippen molar-refractivity contribution in [1.82, 2.24) is 0 Å². The fraction of sp³-hybridized carbons (Fsp3) is 0.308. The molecule has 1 aliphatic rings. The molecular weight excluding hydrogens is 406 g/mol. The third-order valence-corrected chi connectivity index (χ3v) is 7.41. The molecule has 2 aromatic carbocycles. The molecule has 158 valence electrons. The number of rotatable bonds is 6. The number of unbranched alkanes of at least 4 members (excludes halogenated alkanes) is 1. The van der Waals surface area contributed by atoms with Gasteiger partial charge in [0.1, 0.15) is 5.58 Å². The lowest BCUT2D eigenvalue weighted by Gasteiger charge is -2.21. The summed E-state index contributed by atoms with van der Waals surface area (Å²) in [7, 11) is 0. The van der Waals surface area contributed by atoms with Crippen molar-refractivity contribution < 1.29 is 14.0 Å². The third-order valence-electron chi connectivity index (χ3n) is 6.24. The van der Waals surface area contributed by atoms with Gasteiger partial charge in [0, 0.05) is 34.2 Å². The van der Waals surface area contributed by atoms with E-state index in [4.69, 9.17) is 4.42 Å². The molecule has 0 unspecified atom stereocenters. The first-order valence-electron chi connectivity index (χ1n) is 11.0. The molecule has 31 heavy (non-hydrogen) atoms. The molecule has 2 heterocycles. The molecule has 5 heteroatoms. The number of nitrogens with zero attached hydrogens (tertiary/aromatic N) is 1. The lowest BCUT2D eigenvalue weighted by Crippen LogP contribution is -2.21. The zero-order chi connectivity index (χ0) is 21.7. The summed E-state index contributed by atoms with van der Waals surface area (Å²) >= 11 is 1.41. The first-order valence-corrected chi connectivity index (χ1v) is 11.8. The van der Waals surface area contributed by atoms with E-state index in [1.807, 2.05) is 30.3 Å². The van der Waals surface area contributed by atoms with Crippen molar-refractivity contribution in [3.63, 3.8) is 0 Å². The second-order valence-corrected chi connectivity index (χ2v) is 9.11. The van der Waals surface area contributed by atoms with Gasteiger partial charge in [0.25, 0.3) is 0 Å². The van der Waals surface area contributed by atoms with E-state index in [0.29, 0.717) is 21.6 Å². The number of benzene rings is 2. The Kier molecular flexibility index (Phi) is 4.94. The summed E-state index contributed by atoms with van der Waals surface area (Å²) in [6.07, 6.45) is 3.16. The Labute approximate surface area is 185 Å². The van der Waals surface area contributed by atoms with E-state index >= 15 is 0 Å². The summed E-state index contributed by atoms with van der Waals surface area (Å²) in [5.74, 6) is -0.0893. The molecule has 0 bridgehead atoms. The molecule has 0 spiro atoms. The Bertz CT molecular complexity index is 1340. The summed E-state index contributed by atoms with van der Waals surface area (Å²) in [6.45, 7) is 8.15. The van der Waals surface area contributed by atoms with E-state index in [1.54, 1.807) is 0 Å². The average Bonchev–Trinajstić information content (AvgIpc) is 3.36. The minimum atomic E-state index is -0.182. The molecule has 0 radical (unpaired) electrons. The van der Waals surface area contributed by atoms with Crippen LogP contribution in [-0.4, -0.2) is 24.7 Å². The second kappa shape index (κ2) is 7.65. The molecule has 0 atom stereocenters. The van der Waals surface area contributed by atoms with Crippen molar-refractivity contribution in [3.05, 3.63) is 63.7 Å². The van der Waals surface area contributed by atoms with Crippen molar-refractivity contribution in [1.29, 1.82) is 0 Å². The predicted molar refractivity (Wildman–Crippen MR) is 127 cm³/mol. The van der Waals surface area contributed by atoms with Gasteiger partial charge in [-0.05, 0) is 62.6 Å². The van der Waals surface area contributed by atoms with Crippen molar-refractivity contribution in [2.24, 2.45) is 0 Å². The highest BCUT2D eigenvalue weighted by molar-refractivity contribution is 7.21. The van der Waals surface area contributed by atoms with Gasteiger partial charge in [-0.1, -0.05) is 19.4 Å². The largest absolute Gasteiger partial charge is 0.452 e. The van der Waals surface area contributed by atoms with E-state index < -0.39 is 0 Å². The van der Waals surface area contributed by atoms with Crippen LogP contribution in [0.3, 0.4) is 0 Å². The Morgan fingerprint density at radius 3 is 2.45 bits per heavy atom. The minimum Gasteiger partial charge on any atom is -0.452 e. The summed E-state index contributed by atoms with van der Waals surface area (Å²) in [5.41, 5.74) is 3.77. The van der Waals surface area contributed by atoms with Crippen LogP contribution in [0.5, 0.6) is 0 Å². The normalized spacial score (nSPS) is 13.1. The Balaban J connectivity index is 1.68. The number of thiophene rings is 1. The number of furan rings is 1. The molecule has 5 rings (SSSR count). The Hall–Kier alpha value is -2.92. The molecule has 0 amide bonds. The number of anilines is 1. The molecular formula is C26H25NO3S. The molecule has 0 N–H and O–H groups in total. The Morgan fingerprint density at radius 1 is 0.903 bits per heavy atom. The van der Waals surface area contributed by atoms with Gasteiger partial charge in [0.05, 0.1) is 16.0 Å². The lowest BCUT2D eigenvalue weighted by molar-refractivity contribution is 0.0966. The summed E-state index contributed by atoms with van der Waals surface area (Å²) in [5, 5.41) is 1.60. The maximum absolute atomic E-state index is 13.5. The van der Waals surface area contributed by atoms with Crippen LogP contribution < -0.4 is 4.90 Å². The van der Waals surface area contributed by atoms with E-state index in [2.05, 4.69) is 31.7 Å². The number of aryl methyl sites for hydroxylation is 1. The van der Waals surface area contributed by atoms with Gasteiger partial charge in [-0.15, -0.1) is 11.3 Å². The van der Waals surface area contributed by atoms with Crippen LogP contribution >= 0.6 is 11.3 Å². The monoisotopic (exact) mass is 431 g/mol. The number of carbonyl (C=O) groups is 2. The summed E-state index contributed by atoms with van der Waals surface area (Å²) in [4.78, 5) is 29.8. The van der Waals surface area contributed by atoms with Crippen LogP contribution in [0.15, 0.2) is 40.8 Å². The molecule has 0 saturated carbocycles. The molecule has 4 nitrogen and oxygen atoms in total. The van der Waals surface area contributed by atoms with Crippen LogP contribution in [-0.2, 0) is 6.42 Å². The van der Waals surface area contributed by atoms with Crippen LogP contribution in [0, 0.1) is 0 Å². The number of ketones is 2. The molecule has 0 fully saturated rings. The van der Waals surface area contributed by atoms with Crippen molar-refractivity contribution in [2.75, 3.05) is 18.0 Å². The van der Waals surface area contributed by atoms with Crippen LogP contribution in [0.25, 0.3) is 21.1 Å². The summed E-state index contributed by atoms with van der Waals surface area (Å²) < 4.78 is 6.91. The van der Waals surface area contributed by atoms with Gasteiger partial charge < -0.3 is 9.32 Å². The quantitative estimate of drug-likeness (QED) is 0.303. The number of carbonyl (C=O) groups excluding carboxylic acids is 2. The van der Waals surface area contributed by atoms with Gasteiger partial charge in [0.2, 0.25) is 11.6 Å². The average molecular weight is 432 g/mol. The van der Waals surface area contributed by atoms with Gasteiger partial charge in [-0.3, -0.25) is 9.59 Å². The molecule has 1 aliphatic carbocycles. The van der Waals surface area contributed by atoms with E-state index in [-0.39, 0.29) is 17.3 Å². The maximum Gasteiger partial charge on any atom is 0.231 e. The smallest absolute Gasteiger partial charge is 0.231 e. The first kappa shape index (κ1) is 20.0. The van der Waals surface area contributed by atoms with Crippen LogP contribution in [0.4, 0.5) is 5.69 Å². The van der Waals surface area contributed by atoms with Gasteiger partial charge in [0.15, 0.2) is 5.76 Å². The van der Waals surface area contributed by atoms with Crippen LogP contribution in [0.2, 0.25) is 0 Å². The molecule has 0 aliphatic heterocycles. The van der Waals surface area contributed by atoms with E-state index in [0.717, 1.165) is 53.5 Å². The highest BCUT2D eigenvalue weighted by Crippen LogP contribution is 2.43. The first-order chi connectivity index (χ1) is 15.1. The van der Waals surface area contributed by atoms with Crippen molar-refractivity contribution in [2.45, 2.75) is 40.0 Å². The van der Waals surface area contributed by atoms with Gasteiger partial charge in [-0.2, -0.15) is 0 Å². The molecule has 0 saturated heterocycles. The molecule has 2 aromatic heterocycles. The SMILES string of the molecule is CCCCc1ccc2oc3c(c2c1)C(=O)c1sc2ccc(N(CC)CC)cc2c1C3=O. The number of fused-ring (bicyclic) bond motifs is 6. The zero-order valence-electron chi connectivity index (χ0n) is 18.1. The maximum atomic E-state index is 13.5. The zero-order valence-corrected chi connectivity index (χ0v) is 18.9. The molecule has 4 aromatic rings. The summed E-state index contributed by atoms with van der Waals surface area (Å²) in [6, 6.07) is 12.1. The number of hydrogen-bond donors (Lipinski definition) is 0. The van der Waals surface area contributed by atoms with Gasteiger partial charge >= 0.3 is 0 Å². The fourth-order valence-corrected chi connectivity index (χ4v) is 5.68. The van der Waals surface area contributed by atoms with E-state index in [1.165, 1.54) is 16.9 Å². The second-order valence-electron chi connectivity index (χ2n) is 8.06. The predicted octanol–water partition coefficient (Wildman–Crippen LogP) is 6.61. The van der Waals surface area contributed by atoms with Crippen LogP contribution in [0.1, 0.15) is 70.5 Å².